The maximum atomic E-state index is 13.4. The molecule has 0 aliphatic carbocycles. The first-order valence-electron chi connectivity index (χ1n) is 14.5. The maximum absolute atomic E-state index is 13.4. The van der Waals surface area contributed by atoms with Crippen LogP contribution in [0, 0.1) is 11.6 Å². The minimum absolute atomic E-state index is 0.141. The molecule has 224 valence electrons. The van der Waals surface area contributed by atoms with Crippen molar-refractivity contribution >= 4 is 34.7 Å². The lowest BCUT2D eigenvalue weighted by atomic mass is 10.1. The van der Waals surface area contributed by atoms with Gasteiger partial charge in [-0.2, -0.15) is 11.8 Å². The van der Waals surface area contributed by atoms with Gasteiger partial charge in [-0.3, -0.25) is 9.59 Å². The number of halogens is 2. The molecule has 0 aliphatic heterocycles. The third kappa shape index (κ3) is 10.7. The van der Waals surface area contributed by atoms with E-state index in [9.17, 15) is 18.4 Å². The average Bonchev–Trinajstić information content (AvgIpc) is 3.00. The molecule has 7 heteroatoms. The SMILES string of the molecule is CC(=O)CCN(Cc1ccc(F)cc1)c1ccc(CSCc2ccc(N(CCC(C)=O)Cc3ccc(F)cc3)cc2)cc1. The van der Waals surface area contributed by atoms with E-state index in [2.05, 4.69) is 58.3 Å². The molecule has 4 aromatic rings. The van der Waals surface area contributed by atoms with Crippen LogP contribution in [0.15, 0.2) is 97.1 Å². The number of benzene rings is 4. The van der Waals surface area contributed by atoms with Gasteiger partial charge >= 0.3 is 0 Å². The first-order chi connectivity index (χ1) is 20.7. The summed E-state index contributed by atoms with van der Waals surface area (Å²) in [5, 5.41) is 0. The summed E-state index contributed by atoms with van der Waals surface area (Å²) >= 11 is 1.84. The molecule has 0 spiro atoms. The van der Waals surface area contributed by atoms with E-state index in [0.29, 0.717) is 39.0 Å². The lowest BCUT2D eigenvalue weighted by molar-refractivity contribution is -0.117. The Bertz CT molecular complexity index is 1340. The molecule has 4 nitrogen and oxygen atoms in total. The summed E-state index contributed by atoms with van der Waals surface area (Å²) < 4.78 is 26.7. The van der Waals surface area contributed by atoms with E-state index in [1.807, 2.05) is 11.8 Å². The van der Waals surface area contributed by atoms with Gasteiger partial charge in [-0.15, -0.1) is 0 Å². The monoisotopic (exact) mass is 600 g/mol. The third-order valence-electron chi connectivity index (χ3n) is 7.18. The second-order valence-corrected chi connectivity index (χ2v) is 11.8. The zero-order chi connectivity index (χ0) is 30.6. The molecule has 0 N–H and O–H groups in total. The average molecular weight is 601 g/mol. The molecule has 4 aromatic carbocycles. The van der Waals surface area contributed by atoms with Gasteiger partial charge in [0.05, 0.1) is 0 Å². The largest absolute Gasteiger partial charge is 0.367 e. The van der Waals surface area contributed by atoms with Crippen molar-refractivity contribution < 1.29 is 18.4 Å². The molecule has 4 rings (SSSR count). The van der Waals surface area contributed by atoms with Crippen molar-refractivity contribution in [1.29, 1.82) is 0 Å². The molecule has 0 amide bonds. The number of Topliss-reactive ketones (excluding diaryl/α,β-unsaturated/α-hetero) is 2. The molecule has 0 fully saturated rings. The summed E-state index contributed by atoms with van der Waals surface area (Å²) in [4.78, 5) is 27.6. The zero-order valence-corrected chi connectivity index (χ0v) is 25.6. The standard InChI is InChI=1S/C36H38F2N2O2S/c1-27(41)19-21-39(23-29-3-11-33(37)12-4-29)35-15-7-31(8-16-35)25-43-26-32-9-17-36(18-10-32)40(22-20-28(2)42)24-30-5-13-34(38)14-6-30/h3-18H,19-26H2,1-2H3. The van der Waals surface area contributed by atoms with Gasteiger partial charge in [-0.1, -0.05) is 48.5 Å². The Morgan fingerprint density at radius 2 is 0.860 bits per heavy atom. The van der Waals surface area contributed by atoms with E-state index in [-0.39, 0.29) is 23.2 Å². The summed E-state index contributed by atoms with van der Waals surface area (Å²) in [6.45, 7) is 5.62. The van der Waals surface area contributed by atoms with Crippen LogP contribution < -0.4 is 9.80 Å². The van der Waals surface area contributed by atoms with Crippen LogP contribution in [0.2, 0.25) is 0 Å². The highest BCUT2D eigenvalue weighted by Gasteiger charge is 2.11. The number of carbonyl (C=O) groups excluding carboxylic acids is 2. The molecule has 0 heterocycles. The zero-order valence-electron chi connectivity index (χ0n) is 24.8. The fraction of sp³-hybridized carbons (Fsp3) is 0.278. The molecule has 0 aromatic heterocycles. The first kappa shape index (κ1) is 32.0. The van der Waals surface area contributed by atoms with Crippen LogP contribution in [-0.4, -0.2) is 24.7 Å². The third-order valence-corrected chi connectivity index (χ3v) is 8.26. The lowest BCUT2D eigenvalue weighted by Gasteiger charge is -2.25. The van der Waals surface area contributed by atoms with E-state index in [1.165, 1.54) is 35.4 Å². The lowest BCUT2D eigenvalue weighted by Crippen LogP contribution is -2.25. The predicted octanol–water partition coefficient (Wildman–Crippen LogP) is 8.37. The second kappa shape index (κ2) is 16.0. The quantitative estimate of drug-likeness (QED) is 0.129. The van der Waals surface area contributed by atoms with Crippen molar-refractivity contribution in [2.24, 2.45) is 0 Å². The highest BCUT2D eigenvalue weighted by atomic mass is 32.2. The van der Waals surface area contributed by atoms with Gasteiger partial charge in [-0.25, -0.2) is 8.78 Å². The number of rotatable bonds is 16. The normalized spacial score (nSPS) is 10.9. The topological polar surface area (TPSA) is 40.6 Å². The maximum Gasteiger partial charge on any atom is 0.131 e. The Kier molecular flexibility index (Phi) is 11.9. The van der Waals surface area contributed by atoms with Crippen LogP contribution >= 0.6 is 11.8 Å². The van der Waals surface area contributed by atoms with Crippen LogP contribution in [-0.2, 0) is 34.2 Å². The van der Waals surface area contributed by atoms with Crippen molar-refractivity contribution in [3.05, 3.63) is 131 Å². The van der Waals surface area contributed by atoms with Gasteiger partial charge in [0.2, 0.25) is 0 Å². The molecule has 0 atom stereocenters. The molecule has 0 aliphatic rings. The number of hydrogen-bond acceptors (Lipinski definition) is 5. The molecule has 0 unspecified atom stereocenters. The molecule has 0 radical (unpaired) electrons. The first-order valence-corrected chi connectivity index (χ1v) is 15.6. The van der Waals surface area contributed by atoms with Gasteiger partial charge in [-0.05, 0) is 84.6 Å². The van der Waals surface area contributed by atoms with Crippen molar-refractivity contribution in [1.82, 2.24) is 0 Å². The van der Waals surface area contributed by atoms with Gasteiger partial charge in [0.1, 0.15) is 23.2 Å². The highest BCUT2D eigenvalue weighted by Crippen LogP contribution is 2.25. The number of carbonyl (C=O) groups is 2. The minimum Gasteiger partial charge on any atom is -0.367 e. The van der Waals surface area contributed by atoms with Crippen LogP contribution in [0.25, 0.3) is 0 Å². The summed E-state index contributed by atoms with van der Waals surface area (Å²) in [6.07, 6.45) is 0.913. The number of thioether (sulfide) groups is 1. The summed E-state index contributed by atoms with van der Waals surface area (Å²) in [5.41, 5.74) is 6.48. The van der Waals surface area contributed by atoms with Gasteiger partial charge in [0, 0.05) is 61.9 Å². The van der Waals surface area contributed by atoms with E-state index in [4.69, 9.17) is 0 Å². The van der Waals surface area contributed by atoms with Crippen LogP contribution in [0.3, 0.4) is 0 Å². The fourth-order valence-corrected chi connectivity index (χ4v) is 5.66. The van der Waals surface area contributed by atoms with Crippen molar-refractivity contribution in [2.45, 2.75) is 51.3 Å². The fourth-order valence-electron chi connectivity index (χ4n) is 4.70. The Balaban J connectivity index is 1.33. The molecule has 0 saturated heterocycles. The summed E-state index contributed by atoms with van der Waals surface area (Å²) in [7, 11) is 0. The smallest absolute Gasteiger partial charge is 0.131 e. The highest BCUT2D eigenvalue weighted by molar-refractivity contribution is 7.97. The summed E-state index contributed by atoms with van der Waals surface area (Å²) in [6, 6.07) is 29.8. The van der Waals surface area contributed by atoms with Crippen molar-refractivity contribution in [3.63, 3.8) is 0 Å². The number of hydrogen-bond donors (Lipinski definition) is 0. The number of anilines is 2. The van der Waals surface area contributed by atoms with Gasteiger partial charge in [0.15, 0.2) is 0 Å². The van der Waals surface area contributed by atoms with Gasteiger partial charge < -0.3 is 9.80 Å². The van der Waals surface area contributed by atoms with Crippen LogP contribution in [0.1, 0.15) is 48.9 Å². The van der Waals surface area contributed by atoms with E-state index < -0.39 is 0 Å². The van der Waals surface area contributed by atoms with Gasteiger partial charge in [0.25, 0.3) is 0 Å². The second-order valence-electron chi connectivity index (χ2n) is 10.8. The Morgan fingerprint density at radius 1 is 0.535 bits per heavy atom. The number of ketones is 2. The number of nitrogens with zero attached hydrogens (tertiary/aromatic N) is 2. The molecule has 43 heavy (non-hydrogen) atoms. The van der Waals surface area contributed by atoms with E-state index >= 15 is 0 Å². The molecule has 0 saturated carbocycles. The Labute approximate surface area is 257 Å². The van der Waals surface area contributed by atoms with E-state index in [0.717, 1.165) is 34.0 Å². The predicted molar refractivity (Wildman–Crippen MR) is 173 cm³/mol. The van der Waals surface area contributed by atoms with Crippen LogP contribution in [0.5, 0.6) is 0 Å². The molecular weight excluding hydrogens is 562 g/mol. The summed E-state index contributed by atoms with van der Waals surface area (Å²) in [5.74, 6) is 1.49. The van der Waals surface area contributed by atoms with Crippen molar-refractivity contribution in [3.8, 4) is 0 Å². The van der Waals surface area contributed by atoms with E-state index in [1.54, 1.807) is 38.1 Å². The molecule has 0 bridgehead atoms. The van der Waals surface area contributed by atoms with Crippen LogP contribution in [0.4, 0.5) is 20.2 Å². The Morgan fingerprint density at radius 3 is 1.19 bits per heavy atom. The van der Waals surface area contributed by atoms with Crippen molar-refractivity contribution in [2.75, 3.05) is 22.9 Å². The molecular formula is C36H38F2N2O2S. The minimum atomic E-state index is -0.259. The Hall–Kier alpha value is -3.97.